The first kappa shape index (κ1) is 16.4. The van der Waals surface area contributed by atoms with Gasteiger partial charge in [0.1, 0.15) is 0 Å². The molecule has 0 spiro atoms. The molecule has 122 valence electrons. The van der Waals surface area contributed by atoms with Gasteiger partial charge in [-0.3, -0.25) is 4.79 Å². The normalized spacial score (nSPS) is 10.6. The van der Waals surface area contributed by atoms with Gasteiger partial charge in [0, 0.05) is 30.4 Å². The largest absolute Gasteiger partial charge is 0.378 e. The minimum Gasteiger partial charge on any atom is -0.378 e. The highest BCUT2D eigenvalue weighted by atomic mass is 32.2. The lowest BCUT2D eigenvalue weighted by Crippen LogP contribution is -2.14. The van der Waals surface area contributed by atoms with Gasteiger partial charge in [-0.15, -0.1) is 11.8 Å². The van der Waals surface area contributed by atoms with E-state index in [9.17, 15) is 4.79 Å². The summed E-state index contributed by atoms with van der Waals surface area (Å²) in [7, 11) is 3.99. The molecule has 3 aromatic rings. The van der Waals surface area contributed by atoms with Gasteiger partial charge in [0.25, 0.3) is 0 Å². The van der Waals surface area contributed by atoms with Crippen LogP contribution in [0, 0.1) is 0 Å². The summed E-state index contributed by atoms with van der Waals surface area (Å²) in [5, 5.41) is 5.35. The van der Waals surface area contributed by atoms with Crippen LogP contribution in [0.2, 0.25) is 0 Å². The van der Waals surface area contributed by atoms with Crippen molar-refractivity contribution in [2.24, 2.45) is 0 Å². The maximum atomic E-state index is 12.1. The van der Waals surface area contributed by atoms with Crippen LogP contribution < -0.4 is 10.2 Å². The van der Waals surface area contributed by atoms with E-state index in [2.05, 4.69) is 35.6 Å². The number of hydrogen-bond donors (Lipinski definition) is 1. The molecule has 1 amide bonds. The summed E-state index contributed by atoms with van der Waals surface area (Å²) in [4.78, 5) is 15.3. The lowest BCUT2D eigenvalue weighted by molar-refractivity contribution is -0.113. The van der Waals surface area contributed by atoms with Crippen LogP contribution in [0.4, 0.5) is 11.4 Å². The fraction of sp³-hybridized carbons (Fsp3) is 0.150. The first-order chi connectivity index (χ1) is 11.6. The molecule has 0 bridgehead atoms. The number of carbonyl (C=O) groups excluding carboxylic acids is 1. The topological polar surface area (TPSA) is 32.3 Å². The second-order valence-electron chi connectivity index (χ2n) is 5.79. The number of thioether (sulfide) groups is 1. The van der Waals surface area contributed by atoms with Crippen molar-refractivity contribution in [3.8, 4) is 0 Å². The molecule has 0 fully saturated rings. The van der Waals surface area contributed by atoms with Crippen molar-refractivity contribution in [2.75, 3.05) is 30.1 Å². The van der Waals surface area contributed by atoms with Crippen LogP contribution in [0.1, 0.15) is 0 Å². The first-order valence-electron chi connectivity index (χ1n) is 7.81. The second kappa shape index (κ2) is 7.41. The maximum absolute atomic E-state index is 12.1. The highest BCUT2D eigenvalue weighted by Crippen LogP contribution is 2.24. The number of carbonyl (C=O) groups is 1. The van der Waals surface area contributed by atoms with E-state index in [1.54, 1.807) is 11.8 Å². The Balaban J connectivity index is 1.58. The molecule has 4 heteroatoms. The SMILES string of the molecule is CN(C)c1ccc(NC(=O)CSc2ccc3ccccc3c2)cc1. The first-order valence-corrected chi connectivity index (χ1v) is 8.79. The van der Waals surface area contributed by atoms with Crippen molar-refractivity contribution in [3.05, 3.63) is 66.7 Å². The van der Waals surface area contributed by atoms with Crippen molar-refractivity contribution in [1.29, 1.82) is 0 Å². The van der Waals surface area contributed by atoms with E-state index in [0.717, 1.165) is 16.3 Å². The Bertz CT molecular complexity index is 844. The molecule has 3 aromatic carbocycles. The van der Waals surface area contributed by atoms with Gasteiger partial charge in [0.2, 0.25) is 5.91 Å². The monoisotopic (exact) mass is 336 g/mol. The number of rotatable bonds is 5. The van der Waals surface area contributed by atoms with Gasteiger partial charge in [-0.1, -0.05) is 30.3 Å². The number of anilines is 2. The zero-order chi connectivity index (χ0) is 16.9. The summed E-state index contributed by atoms with van der Waals surface area (Å²) >= 11 is 1.55. The van der Waals surface area contributed by atoms with Crippen molar-refractivity contribution in [3.63, 3.8) is 0 Å². The maximum Gasteiger partial charge on any atom is 0.234 e. The third kappa shape index (κ3) is 4.09. The van der Waals surface area contributed by atoms with E-state index in [0.29, 0.717) is 5.75 Å². The molecule has 1 N–H and O–H groups in total. The highest BCUT2D eigenvalue weighted by molar-refractivity contribution is 8.00. The molecular formula is C20H20N2OS. The third-order valence-electron chi connectivity index (χ3n) is 3.76. The standard InChI is InChI=1S/C20H20N2OS/c1-22(2)18-10-8-17(9-11-18)21-20(23)14-24-19-12-7-15-5-3-4-6-16(15)13-19/h3-13H,14H2,1-2H3,(H,21,23). The molecule has 3 rings (SSSR count). The Kier molecular flexibility index (Phi) is 5.06. The molecule has 0 atom stereocenters. The molecule has 0 aromatic heterocycles. The summed E-state index contributed by atoms with van der Waals surface area (Å²) < 4.78 is 0. The Morgan fingerprint density at radius 3 is 2.38 bits per heavy atom. The van der Waals surface area contributed by atoms with Gasteiger partial charge in [0.05, 0.1) is 5.75 Å². The molecule has 0 unspecified atom stereocenters. The van der Waals surface area contributed by atoms with Gasteiger partial charge < -0.3 is 10.2 Å². The molecule has 0 aliphatic heterocycles. The Hall–Kier alpha value is -2.46. The Morgan fingerprint density at radius 1 is 0.958 bits per heavy atom. The summed E-state index contributed by atoms with van der Waals surface area (Å²) in [6.07, 6.45) is 0. The zero-order valence-electron chi connectivity index (χ0n) is 13.8. The van der Waals surface area contributed by atoms with Gasteiger partial charge in [-0.05, 0) is 47.2 Å². The lowest BCUT2D eigenvalue weighted by Gasteiger charge is -2.13. The summed E-state index contributed by atoms with van der Waals surface area (Å²) in [6, 6.07) is 22.4. The van der Waals surface area contributed by atoms with Crippen LogP contribution in [-0.4, -0.2) is 25.8 Å². The fourth-order valence-electron chi connectivity index (χ4n) is 2.45. The summed E-state index contributed by atoms with van der Waals surface area (Å²) in [5.74, 6) is 0.402. The van der Waals surface area contributed by atoms with Crippen molar-refractivity contribution in [2.45, 2.75) is 4.90 Å². The zero-order valence-corrected chi connectivity index (χ0v) is 14.6. The fourth-order valence-corrected chi connectivity index (χ4v) is 3.19. The van der Waals surface area contributed by atoms with E-state index < -0.39 is 0 Å². The number of amides is 1. The van der Waals surface area contributed by atoms with Crippen molar-refractivity contribution < 1.29 is 4.79 Å². The van der Waals surface area contributed by atoms with Crippen LogP contribution >= 0.6 is 11.8 Å². The molecular weight excluding hydrogens is 316 g/mol. The van der Waals surface area contributed by atoms with E-state index in [-0.39, 0.29) is 5.91 Å². The number of benzene rings is 3. The van der Waals surface area contributed by atoms with Gasteiger partial charge in [0.15, 0.2) is 0 Å². The summed E-state index contributed by atoms with van der Waals surface area (Å²) in [5.41, 5.74) is 1.93. The molecule has 24 heavy (non-hydrogen) atoms. The molecule has 0 saturated carbocycles. The number of nitrogens with zero attached hydrogens (tertiary/aromatic N) is 1. The van der Waals surface area contributed by atoms with Crippen LogP contribution in [0.25, 0.3) is 10.8 Å². The van der Waals surface area contributed by atoms with Crippen LogP contribution in [0.3, 0.4) is 0 Å². The Labute approximate surface area is 146 Å². The smallest absolute Gasteiger partial charge is 0.234 e. The van der Waals surface area contributed by atoms with Crippen molar-refractivity contribution >= 4 is 39.8 Å². The van der Waals surface area contributed by atoms with Crippen LogP contribution in [-0.2, 0) is 4.79 Å². The second-order valence-corrected chi connectivity index (χ2v) is 6.84. The van der Waals surface area contributed by atoms with Crippen LogP contribution in [0.5, 0.6) is 0 Å². The molecule has 0 radical (unpaired) electrons. The molecule has 0 aliphatic rings. The minimum atomic E-state index is 0.00533. The Morgan fingerprint density at radius 2 is 1.67 bits per heavy atom. The van der Waals surface area contributed by atoms with E-state index in [4.69, 9.17) is 0 Å². The number of nitrogens with one attached hydrogen (secondary N) is 1. The molecule has 0 heterocycles. The summed E-state index contributed by atoms with van der Waals surface area (Å²) in [6.45, 7) is 0. The minimum absolute atomic E-state index is 0.00533. The van der Waals surface area contributed by atoms with E-state index in [1.165, 1.54) is 10.8 Å². The molecule has 3 nitrogen and oxygen atoms in total. The molecule has 0 saturated heterocycles. The predicted octanol–water partition coefficient (Wildman–Crippen LogP) is 4.64. The third-order valence-corrected chi connectivity index (χ3v) is 4.75. The highest BCUT2D eigenvalue weighted by Gasteiger charge is 2.05. The quantitative estimate of drug-likeness (QED) is 0.689. The lowest BCUT2D eigenvalue weighted by atomic mass is 10.1. The predicted molar refractivity (Wildman–Crippen MR) is 104 cm³/mol. The van der Waals surface area contributed by atoms with E-state index >= 15 is 0 Å². The van der Waals surface area contributed by atoms with Crippen molar-refractivity contribution in [1.82, 2.24) is 0 Å². The van der Waals surface area contributed by atoms with Gasteiger partial charge in [-0.25, -0.2) is 0 Å². The van der Waals surface area contributed by atoms with Crippen LogP contribution in [0.15, 0.2) is 71.6 Å². The van der Waals surface area contributed by atoms with Gasteiger partial charge >= 0.3 is 0 Å². The van der Waals surface area contributed by atoms with E-state index in [1.807, 2.05) is 55.4 Å². The number of fused-ring (bicyclic) bond motifs is 1. The average Bonchev–Trinajstić information content (AvgIpc) is 2.60. The van der Waals surface area contributed by atoms with Gasteiger partial charge in [-0.2, -0.15) is 0 Å². The number of hydrogen-bond acceptors (Lipinski definition) is 3. The molecule has 0 aliphatic carbocycles. The average molecular weight is 336 g/mol.